The standard InChI is InChI=1S/C28H47NO3/c1-4-5-6-7-8-9-10-11-13-18-25(22-29-3)21-26(27(23(2)30)28(31)32)20-19-24-16-14-12-15-17-24/h9-10,12,14-17,23,25-27,29-30H,4-8,11,13,18-22H2,1-3H3,(H,31,32)/b10-9-/t23-,25-,26-,27+/m0/s1. The van der Waals surface area contributed by atoms with Gasteiger partial charge in [0, 0.05) is 0 Å². The lowest BCUT2D eigenvalue weighted by atomic mass is 9.77. The van der Waals surface area contributed by atoms with Crippen LogP contribution >= 0.6 is 0 Å². The molecule has 0 saturated heterocycles. The molecule has 0 heterocycles. The van der Waals surface area contributed by atoms with E-state index in [4.69, 9.17) is 0 Å². The molecule has 4 heteroatoms. The van der Waals surface area contributed by atoms with Crippen molar-refractivity contribution >= 4 is 5.97 Å². The van der Waals surface area contributed by atoms with Crippen molar-refractivity contribution in [3.63, 3.8) is 0 Å². The van der Waals surface area contributed by atoms with Gasteiger partial charge in [-0.15, -0.1) is 0 Å². The van der Waals surface area contributed by atoms with Gasteiger partial charge in [0.15, 0.2) is 0 Å². The molecule has 1 aromatic carbocycles. The van der Waals surface area contributed by atoms with E-state index in [-0.39, 0.29) is 5.92 Å². The van der Waals surface area contributed by atoms with Gasteiger partial charge in [-0.2, -0.15) is 0 Å². The number of allylic oxidation sites excluding steroid dienone is 2. The van der Waals surface area contributed by atoms with Crippen LogP contribution in [0.3, 0.4) is 0 Å². The number of unbranched alkanes of at least 4 members (excludes halogenated alkanes) is 5. The fraction of sp³-hybridized carbons (Fsp3) is 0.679. The number of carbonyl (C=O) groups is 1. The van der Waals surface area contributed by atoms with Gasteiger partial charge in [0.2, 0.25) is 0 Å². The molecule has 3 N–H and O–H groups in total. The molecule has 0 saturated carbocycles. The highest BCUT2D eigenvalue weighted by Gasteiger charge is 2.33. The van der Waals surface area contributed by atoms with Crippen molar-refractivity contribution in [2.24, 2.45) is 17.8 Å². The Morgan fingerprint density at radius 1 is 1.03 bits per heavy atom. The summed E-state index contributed by atoms with van der Waals surface area (Å²) >= 11 is 0. The van der Waals surface area contributed by atoms with Crippen LogP contribution in [0.1, 0.15) is 83.6 Å². The van der Waals surface area contributed by atoms with Gasteiger partial charge < -0.3 is 15.5 Å². The summed E-state index contributed by atoms with van der Waals surface area (Å²) in [6, 6.07) is 10.2. The van der Waals surface area contributed by atoms with Gasteiger partial charge in [0.1, 0.15) is 0 Å². The Balaban J connectivity index is 2.64. The maximum absolute atomic E-state index is 12.0. The average Bonchev–Trinajstić information content (AvgIpc) is 2.76. The number of hydrogen-bond acceptors (Lipinski definition) is 3. The van der Waals surface area contributed by atoms with Crippen LogP contribution in [-0.2, 0) is 11.2 Å². The average molecular weight is 446 g/mol. The third-order valence-corrected chi connectivity index (χ3v) is 6.46. The quantitative estimate of drug-likeness (QED) is 0.174. The van der Waals surface area contributed by atoms with Crippen LogP contribution in [-0.4, -0.2) is 35.9 Å². The summed E-state index contributed by atoms with van der Waals surface area (Å²) < 4.78 is 0. The Hall–Kier alpha value is -1.65. The molecule has 0 bridgehead atoms. The molecular formula is C28H47NO3. The highest BCUT2D eigenvalue weighted by molar-refractivity contribution is 5.71. The topological polar surface area (TPSA) is 69.6 Å². The van der Waals surface area contributed by atoms with Crippen LogP contribution in [0.2, 0.25) is 0 Å². The summed E-state index contributed by atoms with van der Waals surface area (Å²) in [7, 11) is 1.96. The second-order valence-corrected chi connectivity index (χ2v) is 9.30. The summed E-state index contributed by atoms with van der Waals surface area (Å²) in [5.74, 6) is -1.23. The van der Waals surface area contributed by atoms with Crippen molar-refractivity contribution in [3.05, 3.63) is 48.0 Å². The zero-order chi connectivity index (χ0) is 23.6. The minimum absolute atomic E-state index is 0.0415. The van der Waals surface area contributed by atoms with Crippen LogP contribution < -0.4 is 5.32 Å². The van der Waals surface area contributed by atoms with Gasteiger partial charge in [-0.05, 0) is 89.3 Å². The van der Waals surface area contributed by atoms with Crippen LogP contribution in [0.15, 0.2) is 42.5 Å². The van der Waals surface area contributed by atoms with Gasteiger partial charge in [0.05, 0.1) is 12.0 Å². The summed E-state index contributed by atoms with van der Waals surface area (Å²) in [6.45, 7) is 4.74. The lowest BCUT2D eigenvalue weighted by Gasteiger charge is -2.30. The minimum Gasteiger partial charge on any atom is -0.481 e. The van der Waals surface area contributed by atoms with E-state index in [1.807, 2.05) is 25.2 Å². The predicted octanol–water partition coefficient (Wildman–Crippen LogP) is 6.24. The molecule has 0 spiro atoms. The molecule has 4 nitrogen and oxygen atoms in total. The van der Waals surface area contributed by atoms with Crippen molar-refractivity contribution in [2.75, 3.05) is 13.6 Å². The summed E-state index contributed by atoms with van der Waals surface area (Å²) in [6.07, 6.45) is 15.9. The van der Waals surface area contributed by atoms with Crippen LogP contribution in [0, 0.1) is 17.8 Å². The smallest absolute Gasteiger partial charge is 0.309 e. The molecule has 0 fully saturated rings. The van der Waals surface area contributed by atoms with Gasteiger partial charge in [-0.1, -0.05) is 68.7 Å². The van der Waals surface area contributed by atoms with Crippen LogP contribution in [0.4, 0.5) is 0 Å². The second kappa shape index (κ2) is 17.9. The first-order chi connectivity index (χ1) is 15.5. The van der Waals surface area contributed by atoms with E-state index in [9.17, 15) is 15.0 Å². The maximum Gasteiger partial charge on any atom is 0.309 e. The second-order valence-electron chi connectivity index (χ2n) is 9.30. The molecule has 0 radical (unpaired) electrons. The Bertz CT molecular complexity index is 614. The third kappa shape index (κ3) is 12.4. The first-order valence-electron chi connectivity index (χ1n) is 12.7. The Kier molecular flexibility index (Phi) is 15.8. The first-order valence-corrected chi connectivity index (χ1v) is 12.7. The van der Waals surface area contributed by atoms with Crippen molar-refractivity contribution in [2.45, 2.75) is 90.6 Å². The summed E-state index contributed by atoms with van der Waals surface area (Å²) in [5, 5.41) is 23.4. The maximum atomic E-state index is 12.0. The Morgan fingerprint density at radius 3 is 2.31 bits per heavy atom. The number of carboxylic acid groups (broad SMARTS) is 1. The summed E-state index contributed by atoms with van der Waals surface area (Å²) in [4.78, 5) is 12.0. The van der Waals surface area contributed by atoms with E-state index in [1.165, 1.54) is 37.7 Å². The van der Waals surface area contributed by atoms with Gasteiger partial charge >= 0.3 is 5.97 Å². The van der Waals surface area contributed by atoms with Gasteiger partial charge in [-0.25, -0.2) is 0 Å². The largest absolute Gasteiger partial charge is 0.481 e. The number of rotatable bonds is 19. The van der Waals surface area contributed by atoms with E-state index in [2.05, 4.69) is 36.5 Å². The molecule has 0 amide bonds. The van der Waals surface area contributed by atoms with Crippen molar-refractivity contribution < 1.29 is 15.0 Å². The zero-order valence-electron chi connectivity index (χ0n) is 20.6. The SMILES string of the molecule is CCCCCC/C=C\CCC[C@H](CNC)C[C@H](CCc1ccccc1)[C@H](C(=O)O)[C@H](C)O. The van der Waals surface area contributed by atoms with Gasteiger partial charge in [-0.3, -0.25) is 4.79 Å². The first kappa shape index (κ1) is 28.4. The summed E-state index contributed by atoms with van der Waals surface area (Å²) in [5.41, 5.74) is 1.22. The number of aliphatic hydroxyl groups is 1. The van der Waals surface area contributed by atoms with Crippen molar-refractivity contribution in [1.29, 1.82) is 0 Å². The van der Waals surface area contributed by atoms with Crippen molar-refractivity contribution in [1.82, 2.24) is 5.32 Å². The number of aliphatic hydroxyl groups excluding tert-OH is 1. The molecule has 0 aromatic heterocycles. The number of nitrogens with one attached hydrogen (secondary N) is 1. The normalized spacial score (nSPS) is 15.5. The van der Waals surface area contributed by atoms with Crippen LogP contribution in [0.25, 0.3) is 0 Å². The Morgan fingerprint density at radius 2 is 1.72 bits per heavy atom. The molecule has 182 valence electrons. The van der Waals surface area contributed by atoms with E-state index in [1.54, 1.807) is 6.92 Å². The van der Waals surface area contributed by atoms with E-state index in [0.717, 1.165) is 45.1 Å². The molecule has 0 aliphatic carbocycles. The molecule has 0 aliphatic heterocycles. The third-order valence-electron chi connectivity index (χ3n) is 6.46. The molecule has 32 heavy (non-hydrogen) atoms. The highest BCUT2D eigenvalue weighted by atomic mass is 16.4. The number of hydrogen-bond donors (Lipinski definition) is 3. The lowest BCUT2D eigenvalue weighted by Crippen LogP contribution is -2.35. The number of aliphatic carboxylic acids is 1. The molecule has 0 aliphatic rings. The van der Waals surface area contributed by atoms with E-state index >= 15 is 0 Å². The van der Waals surface area contributed by atoms with E-state index in [0.29, 0.717) is 5.92 Å². The minimum atomic E-state index is -0.882. The zero-order valence-corrected chi connectivity index (χ0v) is 20.6. The monoisotopic (exact) mass is 445 g/mol. The molecule has 1 aromatic rings. The highest BCUT2D eigenvalue weighted by Crippen LogP contribution is 2.30. The number of aryl methyl sites for hydroxylation is 1. The molecule has 1 rings (SSSR count). The van der Waals surface area contributed by atoms with Crippen LogP contribution in [0.5, 0.6) is 0 Å². The number of benzene rings is 1. The number of carboxylic acids is 1. The fourth-order valence-electron chi connectivity index (χ4n) is 4.71. The van der Waals surface area contributed by atoms with Crippen molar-refractivity contribution in [3.8, 4) is 0 Å². The van der Waals surface area contributed by atoms with Gasteiger partial charge in [0.25, 0.3) is 0 Å². The Labute approximate surface area is 196 Å². The predicted molar refractivity (Wildman–Crippen MR) is 135 cm³/mol. The molecule has 0 unspecified atom stereocenters. The molecular weight excluding hydrogens is 398 g/mol. The lowest BCUT2D eigenvalue weighted by molar-refractivity contribution is -0.148. The van der Waals surface area contributed by atoms with E-state index < -0.39 is 18.0 Å². The fourth-order valence-corrected chi connectivity index (χ4v) is 4.71. The molecule has 4 atom stereocenters.